The molecule has 1 rings (SSSR count). The van der Waals surface area contributed by atoms with Gasteiger partial charge in [-0.3, -0.25) is 4.79 Å². The molecule has 0 fully saturated rings. The lowest BCUT2D eigenvalue weighted by atomic mass is 9.99. The number of rotatable bonds is 8. The average molecular weight is 313 g/mol. The first-order valence-electron chi connectivity index (χ1n) is 6.85. The van der Waals surface area contributed by atoms with Crippen LogP contribution in [0.15, 0.2) is 29.2 Å². The van der Waals surface area contributed by atoms with E-state index >= 15 is 0 Å². The molecule has 0 aromatic heterocycles. The molecule has 4 nitrogen and oxygen atoms in total. The van der Waals surface area contributed by atoms with Crippen molar-refractivity contribution in [2.45, 2.75) is 37.6 Å². The van der Waals surface area contributed by atoms with E-state index in [9.17, 15) is 14.0 Å². The van der Waals surface area contributed by atoms with E-state index in [-0.39, 0.29) is 24.1 Å². The van der Waals surface area contributed by atoms with E-state index in [0.29, 0.717) is 17.1 Å². The Balaban J connectivity index is 2.43. The number of amides is 1. The van der Waals surface area contributed by atoms with Gasteiger partial charge in [0.05, 0.1) is 0 Å². The van der Waals surface area contributed by atoms with Gasteiger partial charge >= 0.3 is 5.97 Å². The molecular formula is C15H20FNO3S. The molecule has 2 N–H and O–H groups in total. The maximum absolute atomic E-state index is 13.4. The van der Waals surface area contributed by atoms with E-state index in [2.05, 4.69) is 5.32 Å². The topological polar surface area (TPSA) is 66.4 Å². The van der Waals surface area contributed by atoms with Crippen molar-refractivity contribution in [1.82, 2.24) is 5.32 Å². The fraction of sp³-hybridized carbons (Fsp3) is 0.467. The predicted molar refractivity (Wildman–Crippen MR) is 80.8 cm³/mol. The molecule has 0 aliphatic carbocycles. The summed E-state index contributed by atoms with van der Waals surface area (Å²) in [6.45, 7) is 3.66. The largest absolute Gasteiger partial charge is 0.480 e. The number of nitrogens with one attached hydrogen (secondary N) is 1. The highest BCUT2D eigenvalue weighted by Gasteiger charge is 2.24. The van der Waals surface area contributed by atoms with Gasteiger partial charge < -0.3 is 10.4 Å². The number of carboxylic acids is 1. The Hall–Kier alpha value is -1.56. The Morgan fingerprint density at radius 1 is 1.38 bits per heavy atom. The third kappa shape index (κ3) is 5.75. The van der Waals surface area contributed by atoms with Crippen LogP contribution in [0.1, 0.15) is 26.7 Å². The lowest BCUT2D eigenvalue weighted by Crippen LogP contribution is -2.45. The van der Waals surface area contributed by atoms with E-state index in [1.807, 2.05) is 6.92 Å². The quantitative estimate of drug-likeness (QED) is 0.724. The van der Waals surface area contributed by atoms with Gasteiger partial charge in [0.1, 0.15) is 11.9 Å². The van der Waals surface area contributed by atoms with Crippen molar-refractivity contribution in [2.75, 3.05) is 5.75 Å². The minimum absolute atomic E-state index is 0.134. The number of hydrogen-bond acceptors (Lipinski definition) is 3. The monoisotopic (exact) mass is 313 g/mol. The molecule has 0 saturated carbocycles. The lowest BCUT2D eigenvalue weighted by molar-refractivity contribution is -0.143. The highest BCUT2D eigenvalue weighted by Crippen LogP contribution is 2.21. The van der Waals surface area contributed by atoms with Crippen LogP contribution in [0.5, 0.6) is 0 Å². The van der Waals surface area contributed by atoms with Crippen LogP contribution < -0.4 is 5.32 Å². The zero-order valence-electron chi connectivity index (χ0n) is 12.1. The Morgan fingerprint density at radius 2 is 2.05 bits per heavy atom. The zero-order valence-corrected chi connectivity index (χ0v) is 13.0. The van der Waals surface area contributed by atoms with E-state index in [4.69, 9.17) is 5.11 Å². The Bertz CT molecular complexity index is 496. The molecule has 2 atom stereocenters. The van der Waals surface area contributed by atoms with Crippen LogP contribution in [-0.4, -0.2) is 28.8 Å². The summed E-state index contributed by atoms with van der Waals surface area (Å²) in [4.78, 5) is 23.4. The van der Waals surface area contributed by atoms with Gasteiger partial charge in [-0.2, -0.15) is 0 Å². The Labute approximate surface area is 128 Å². The number of hydrogen-bond donors (Lipinski definition) is 2. The minimum atomic E-state index is -1.03. The van der Waals surface area contributed by atoms with Crippen molar-refractivity contribution in [1.29, 1.82) is 0 Å². The van der Waals surface area contributed by atoms with Gasteiger partial charge in [0.25, 0.3) is 0 Å². The van der Waals surface area contributed by atoms with Gasteiger partial charge in [-0.05, 0) is 18.1 Å². The second-order valence-corrected chi connectivity index (χ2v) is 5.93. The first-order valence-corrected chi connectivity index (χ1v) is 7.83. The number of carbonyl (C=O) groups is 2. The minimum Gasteiger partial charge on any atom is -0.480 e. The number of halogens is 1. The van der Waals surface area contributed by atoms with Gasteiger partial charge in [0.2, 0.25) is 5.91 Å². The molecule has 1 aromatic rings. The number of benzene rings is 1. The number of aliphatic carboxylic acids is 1. The molecule has 1 aromatic carbocycles. The van der Waals surface area contributed by atoms with Crippen molar-refractivity contribution in [3.63, 3.8) is 0 Å². The molecule has 0 saturated heterocycles. The fourth-order valence-electron chi connectivity index (χ4n) is 1.74. The molecule has 0 radical (unpaired) electrons. The summed E-state index contributed by atoms with van der Waals surface area (Å²) in [7, 11) is 0. The summed E-state index contributed by atoms with van der Waals surface area (Å²) in [6, 6.07) is 5.48. The van der Waals surface area contributed by atoms with Crippen LogP contribution >= 0.6 is 11.8 Å². The van der Waals surface area contributed by atoms with E-state index < -0.39 is 12.0 Å². The van der Waals surface area contributed by atoms with Crippen molar-refractivity contribution in [3.05, 3.63) is 30.1 Å². The van der Waals surface area contributed by atoms with Gasteiger partial charge in [-0.1, -0.05) is 32.4 Å². The Morgan fingerprint density at radius 3 is 2.62 bits per heavy atom. The smallest absolute Gasteiger partial charge is 0.326 e. The van der Waals surface area contributed by atoms with E-state index in [1.54, 1.807) is 25.1 Å². The number of thioether (sulfide) groups is 1. The summed E-state index contributed by atoms with van der Waals surface area (Å²) < 4.78 is 13.4. The highest BCUT2D eigenvalue weighted by molar-refractivity contribution is 7.99. The zero-order chi connectivity index (χ0) is 15.8. The van der Waals surface area contributed by atoms with Crippen molar-refractivity contribution >= 4 is 23.6 Å². The lowest BCUT2D eigenvalue weighted by Gasteiger charge is -2.20. The third-order valence-electron chi connectivity index (χ3n) is 3.22. The number of carbonyl (C=O) groups excluding carboxylic acids is 1. The van der Waals surface area contributed by atoms with E-state index in [1.165, 1.54) is 17.8 Å². The van der Waals surface area contributed by atoms with Crippen LogP contribution in [0.3, 0.4) is 0 Å². The van der Waals surface area contributed by atoms with Crippen LogP contribution in [0.25, 0.3) is 0 Å². The highest BCUT2D eigenvalue weighted by atomic mass is 32.2. The molecule has 6 heteroatoms. The summed E-state index contributed by atoms with van der Waals surface area (Å²) in [5.41, 5.74) is 0. The molecule has 0 unspecified atom stereocenters. The molecule has 0 aliphatic rings. The molecular weight excluding hydrogens is 293 g/mol. The second kappa shape index (κ2) is 8.67. The summed E-state index contributed by atoms with van der Waals surface area (Å²) in [5.74, 6) is -1.40. The molecule has 0 aliphatic heterocycles. The van der Waals surface area contributed by atoms with Gasteiger partial charge in [0, 0.05) is 17.1 Å². The summed E-state index contributed by atoms with van der Waals surface area (Å²) in [6.07, 6.45) is 0.820. The Kier molecular flexibility index (Phi) is 7.22. The van der Waals surface area contributed by atoms with Crippen LogP contribution in [0.4, 0.5) is 4.39 Å². The molecule has 0 spiro atoms. The normalized spacial score (nSPS) is 13.5. The SMILES string of the molecule is CC[C@H](C)[C@H](NC(=O)CCSc1ccccc1F)C(=O)O. The van der Waals surface area contributed by atoms with Crippen LogP contribution in [-0.2, 0) is 9.59 Å². The fourth-order valence-corrected chi connectivity index (χ4v) is 2.63. The van der Waals surface area contributed by atoms with Crippen molar-refractivity contribution in [2.24, 2.45) is 5.92 Å². The second-order valence-electron chi connectivity index (χ2n) is 4.80. The van der Waals surface area contributed by atoms with Gasteiger partial charge in [0.15, 0.2) is 0 Å². The maximum Gasteiger partial charge on any atom is 0.326 e. The first kappa shape index (κ1) is 17.5. The van der Waals surface area contributed by atoms with Gasteiger partial charge in [-0.15, -0.1) is 11.8 Å². The standard InChI is InChI=1S/C15H20FNO3S/c1-3-10(2)14(15(19)20)17-13(18)8-9-21-12-7-5-4-6-11(12)16/h4-7,10,14H,3,8-9H2,1-2H3,(H,17,18)(H,19,20)/t10-,14-/m0/s1. The molecule has 0 heterocycles. The van der Waals surface area contributed by atoms with Crippen molar-refractivity contribution < 1.29 is 19.1 Å². The first-order chi connectivity index (χ1) is 9.95. The van der Waals surface area contributed by atoms with Gasteiger partial charge in [-0.25, -0.2) is 9.18 Å². The number of carboxylic acid groups (broad SMARTS) is 1. The molecule has 21 heavy (non-hydrogen) atoms. The van der Waals surface area contributed by atoms with E-state index in [0.717, 1.165) is 0 Å². The predicted octanol–water partition coefficient (Wildman–Crippen LogP) is 2.92. The molecule has 1 amide bonds. The molecule has 116 valence electrons. The van der Waals surface area contributed by atoms with Crippen LogP contribution in [0, 0.1) is 11.7 Å². The van der Waals surface area contributed by atoms with Crippen molar-refractivity contribution in [3.8, 4) is 0 Å². The average Bonchev–Trinajstić information content (AvgIpc) is 2.45. The maximum atomic E-state index is 13.4. The molecule has 0 bridgehead atoms. The van der Waals surface area contributed by atoms with Crippen LogP contribution in [0.2, 0.25) is 0 Å². The third-order valence-corrected chi connectivity index (χ3v) is 4.27. The summed E-state index contributed by atoms with van der Waals surface area (Å²) in [5, 5.41) is 11.6. The summed E-state index contributed by atoms with van der Waals surface area (Å²) >= 11 is 1.24.